The molecular formula is C17H22N2O. The second-order valence-electron chi connectivity index (χ2n) is 5.90. The van der Waals surface area contributed by atoms with Gasteiger partial charge in [-0.1, -0.05) is 31.3 Å². The van der Waals surface area contributed by atoms with Crippen LogP contribution in [0.3, 0.4) is 0 Å². The van der Waals surface area contributed by atoms with Crippen LogP contribution < -0.4 is 11.1 Å². The molecule has 2 rings (SSSR count). The maximum absolute atomic E-state index is 12.3. The Bertz CT molecular complexity index is 562. The number of rotatable bonds is 3. The van der Waals surface area contributed by atoms with Gasteiger partial charge in [0.05, 0.1) is 12.1 Å². The van der Waals surface area contributed by atoms with Crippen LogP contribution >= 0.6 is 0 Å². The molecule has 0 atom stereocenters. The van der Waals surface area contributed by atoms with Gasteiger partial charge in [-0.15, -0.1) is 0 Å². The van der Waals surface area contributed by atoms with E-state index in [4.69, 9.17) is 5.73 Å². The molecule has 1 amide bonds. The summed E-state index contributed by atoms with van der Waals surface area (Å²) in [4.78, 5) is 12.3. The van der Waals surface area contributed by atoms with Gasteiger partial charge < -0.3 is 11.1 Å². The van der Waals surface area contributed by atoms with Crippen LogP contribution in [0, 0.1) is 24.2 Å². The Morgan fingerprint density at radius 2 is 2.20 bits per heavy atom. The molecule has 1 fully saturated rings. The average Bonchev–Trinajstić information content (AvgIpc) is 2.40. The molecule has 1 aromatic carbocycles. The van der Waals surface area contributed by atoms with Gasteiger partial charge >= 0.3 is 0 Å². The monoisotopic (exact) mass is 270 g/mol. The zero-order valence-electron chi connectivity index (χ0n) is 12.3. The summed E-state index contributed by atoms with van der Waals surface area (Å²) in [6.45, 7) is 5.25. The first kappa shape index (κ1) is 14.6. The van der Waals surface area contributed by atoms with Gasteiger partial charge in [-0.3, -0.25) is 4.79 Å². The summed E-state index contributed by atoms with van der Waals surface area (Å²) in [6, 6.07) is 5.71. The quantitative estimate of drug-likeness (QED) is 0.828. The predicted octanol–water partition coefficient (Wildman–Crippen LogP) is 2.23. The van der Waals surface area contributed by atoms with Crippen LogP contribution in [0.2, 0.25) is 0 Å². The van der Waals surface area contributed by atoms with E-state index >= 15 is 0 Å². The third kappa shape index (κ3) is 3.40. The van der Waals surface area contributed by atoms with Gasteiger partial charge in [0.25, 0.3) is 5.91 Å². The molecule has 20 heavy (non-hydrogen) atoms. The summed E-state index contributed by atoms with van der Waals surface area (Å²) in [6.07, 6.45) is 3.66. The second kappa shape index (κ2) is 6.11. The summed E-state index contributed by atoms with van der Waals surface area (Å²) in [5.41, 5.74) is 8.18. The maximum Gasteiger partial charge on any atom is 0.252 e. The van der Waals surface area contributed by atoms with Crippen molar-refractivity contribution in [3.8, 4) is 11.8 Å². The molecule has 0 aliphatic heterocycles. The van der Waals surface area contributed by atoms with E-state index < -0.39 is 0 Å². The Labute approximate surface area is 120 Å². The van der Waals surface area contributed by atoms with Crippen molar-refractivity contribution in [2.75, 3.05) is 13.1 Å². The van der Waals surface area contributed by atoms with Crippen molar-refractivity contribution in [3.05, 3.63) is 34.9 Å². The fourth-order valence-corrected chi connectivity index (χ4v) is 2.45. The molecule has 1 saturated carbocycles. The molecule has 0 bridgehead atoms. The molecule has 0 radical (unpaired) electrons. The van der Waals surface area contributed by atoms with E-state index in [1.54, 1.807) is 0 Å². The van der Waals surface area contributed by atoms with Crippen molar-refractivity contribution in [2.24, 2.45) is 11.1 Å². The molecule has 0 spiro atoms. The van der Waals surface area contributed by atoms with Gasteiger partial charge in [0.2, 0.25) is 0 Å². The van der Waals surface area contributed by atoms with E-state index in [2.05, 4.69) is 24.1 Å². The minimum atomic E-state index is -0.0422. The molecule has 106 valence electrons. The lowest BCUT2D eigenvalue weighted by atomic mass is 9.70. The van der Waals surface area contributed by atoms with Gasteiger partial charge in [0.15, 0.2) is 0 Å². The topological polar surface area (TPSA) is 55.1 Å². The third-order valence-electron chi connectivity index (χ3n) is 3.98. The predicted molar refractivity (Wildman–Crippen MR) is 81.4 cm³/mol. The number of carbonyl (C=O) groups is 1. The number of nitrogens with one attached hydrogen (secondary N) is 1. The highest BCUT2D eigenvalue weighted by molar-refractivity contribution is 5.96. The van der Waals surface area contributed by atoms with Crippen molar-refractivity contribution in [2.45, 2.75) is 33.1 Å². The lowest BCUT2D eigenvalue weighted by molar-refractivity contribution is 0.0890. The van der Waals surface area contributed by atoms with Crippen molar-refractivity contribution in [3.63, 3.8) is 0 Å². The minimum absolute atomic E-state index is 0.0422. The van der Waals surface area contributed by atoms with Crippen LogP contribution in [0.4, 0.5) is 0 Å². The number of benzene rings is 1. The molecule has 1 aromatic rings. The van der Waals surface area contributed by atoms with Crippen molar-refractivity contribution in [1.29, 1.82) is 0 Å². The van der Waals surface area contributed by atoms with Gasteiger partial charge in [0.1, 0.15) is 0 Å². The summed E-state index contributed by atoms with van der Waals surface area (Å²) >= 11 is 0. The van der Waals surface area contributed by atoms with Crippen LogP contribution in [-0.2, 0) is 0 Å². The second-order valence-corrected chi connectivity index (χ2v) is 5.90. The smallest absolute Gasteiger partial charge is 0.252 e. The Balaban J connectivity index is 2.12. The summed E-state index contributed by atoms with van der Waals surface area (Å²) in [5, 5.41) is 3.04. The molecular weight excluding hydrogens is 248 g/mol. The first-order valence-corrected chi connectivity index (χ1v) is 7.12. The van der Waals surface area contributed by atoms with E-state index in [0.717, 1.165) is 17.7 Å². The van der Waals surface area contributed by atoms with Crippen LogP contribution in [0.5, 0.6) is 0 Å². The van der Waals surface area contributed by atoms with Crippen LogP contribution in [0.15, 0.2) is 18.2 Å². The fourth-order valence-electron chi connectivity index (χ4n) is 2.45. The molecule has 0 unspecified atom stereocenters. The fraction of sp³-hybridized carbons (Fsp3) is 0.471. The lowest BCUT2D eigenvalue weighted by Crippen LogP contribution is -2.40. The standard InChI is InChI=1S/C17H22N2O/c1-13-6-7-15(14(11-13)5-3-10-18)16(20)19-12-17(2)8-4-9-17/h6-7,11H,4,8-10,12,18H2,1-2H3,(H,19,20). The first-order chi connectivity index (χ1) is 9.54. The first-order valence-electron chi connectivity index (χ1n) is 7.12. The van der Waals surface area contributed by atoms with Crippen molar-refractivity contribution < 1.29 is 4.79 Å². The van der Waals surface area contributed by atoms with Gasteiger partial charge in [-0.25, -0.2) is 0 Å². The van der Waals surface area contributed by atoms with Crippen LogP contribution in [0.25, 0.3) is 0 Å². The van der Waals surface area contributed by atoms with Crippen LogP contribution in [-0.4, -0.2) is 19.0 Å². The molecule has 1 aliphatic carbocycles. The van der Waals surface area contributed by atoms with E-state index in [0.29, 0.717) is 12.1 Å². The zero-order valence-corrected chi connectivity index (χ0v) is 12.3. The SMILES string of the molecule is Cc1ccc(C(=O)NCC2(C)CCC2)c(C#CCN)c1. The van der Waals surface area contributed by atoms with Crippen molar-refractivity contribution in [1.82, 2.24) is 5.32 Å². The molecule has 3 heteroatoms. The Hall–Kier alpha value is -1.79. The highest BCUT2D eigenvalue weighted by Crippen LogP contribution is 2.39. The van der Waals surface area contributed by atoms with E-state index in [1.807, 2.05) is 25.1 Å². The van der Waals surface area contributed by atoms with Gasteiger partial charge in [-0.2, -0.15) is 0 Å². The molecule has 3 N–H and O–H groups in total. The number of hydrogen-bond donors (Lipinski definition) is 2. The molecule has 0 heterocycles. The number of amides is 1. The molecule has 0 aromatic heterocycles. The normalized spacial score (nSPS) is 15.8. The molecule has 3 nitrogen and oxygen atoms in total. The number of aryl methyl sites for hydroxylation is 1. The van der Waals surface area contributed by atoms with Crippen LogP contribution in [0.1, 0.15) is 47.7 Å². The zero-order chi connectivity index (χ0) is 14.6. The minimum Gasteiger partial charge on any atom is -0.351 e. The van der Waals surface area contributed by atoms with E-state index in [1.165, 1.54) is 19.3 Å². The number of nitrogens with two attached hydrogens (primary N) is 1. The Morgan fingerprint density at radius 3 is 2.80 bits per heavy atom. The third-order valence-corrected chi connectivity index (χ3v) is 3.98. The summed E-state index contributed by atoms with van der Waals surface area (Å²) in [7, 11) is 0. The number of carbonyl (C=O) groups excluding carboxylic acids is 1. The van der Waals surface area contributed by atoms with E-state index in [-0.39, 0.29) is 11.3 Å². The van der Waals surface area contributed by atoms with Gasteiger partial charge in [-0.05, 0) is 42.9 Å². The molecule has 0 saturated heterocycles. The maximum atomic E-state index is 12.3. The van der Waals surface area contributed by atoms with Gasteiger partial charge in [0, 0.05) is 12.1 Å². The Kier molecular flexibility index (Phi) is 4.46. The van der Waals surface area contributed by atoms with E-state index in [9.17, 15) is 4.79 Å². The summed E-state index contributed by atoms with van der Waals surface area (Å²) < 4.78 is 0. The highest BCUT2D eigenvalue weighted by Gasteiger charge is 2.32. The van der Waals surface area contributed by atoms with Crippen molar-refractivity contribution >= 4 is 5.91 Å². The Morgan fingerprint density at radius 1 is 1.45 bits per heavy atom. The summed E-state index contributed by atoms with van der Waals surface area (Å²) in [5.74, 6) is 5.76. The lowest BCUT2D eigenvalue weighted by Gasteiger charge is -2.38. The average molecular weight is 270 g/mol. The molecule has 1 aliphatic rings. The number of hydrogen-bond acceptors (Lipinski definition) is 2. The highest BCUT2D eigenvalue weighted by atomic mass is 16.1. The largest absolute Gasteiger partial charge is 0.351 e.